The topological polar surface area (TPSA) is 87.9 Å². The first kappa shape index (κ1) is 12.6. The number of aromatic nitrogens is 3. The Morgan fingerprint density at radius 1 is 1.42 bits per heavy atom. The van der Waals surface area contributed by atoms with Crippen molar-refractivity contribution in [2.24, 2.45) is 5.73 Å². The first-order valence-electron chi connectivity index (χ1n) is 7.11. The Kier molecular flexibility index (Phi) is 3.26. The van der Waals surface area contributed by atoms with Crippen LogP contribution in [0.3, 0.4) is 0 Å². The highest BCUT2D eigenvalue weighted by atomic mass is 16.2. The molecule has 0 bridgehead atoms. The predicted molar refractivity (Wildman–Crippen MR) is 70.6 cm³/mol. The van der Waals surface area contributed by atoms with E-state index in [1.165, 1.54) is 12.8 Å². The van der Waals surface area contributed by atoms with Crippen molar-refractivity contribution >= 4 is 5.91 Å². The number of aromatic amines is 1. The molecule has 3 rings (SSSR count). The normalized spacial score (nSPS) is 25.4. The van der Waals surface area contributed by atoms with E-state index in [1.807, 2.05) is 4.90 Å². The molecule has 2 aliphatic rings. The molecule has 1 unspecified atom stereocenters. The highest BCUT2D eigenvalue weighted by Crippen LogP contribution is 2.38. The van der Waals surface area contributed by atoms with Crippen LogP contribution in [-0.2, 0) is 4.79 Å². The minimum atomic E-state index is -0.423. The zero-order valence-electron chi connectivity index (χ0n) is 11.3. The fourth-order valence-electron chi connectivity index (χ4n) is 2.69. The molecule has 1 amide bonds. The number of carbonyl (C=O) groups is 1. The van der Waals surface area contributed by atoms with Gasteiger partial charge in [0.25, 0.3) is 0 Å². The number of hydrogen-bond acceptors (Lipinski definition) is 4. The molecule has 1 aromatic rings. The van der Waals surface area contributed by atoms with Gasteiger partial charge in [-0.05, 0) is 32.6 Å². The molecular formula is C13H21N5O. The van der Waals surface area contributed by atoms with Gasteiger partial charge in [0.2, 0.25) is 5.91 Å². The zero-order chi connectivity index (χ0) is 13.4. The van der Waals surface area contributed by atoms with Gasteiger partial charge in [0.15, 0.2) is 5.82 Å². The molecule has 104 valence electrons. The number of nitrogens with zero attached hydrogens (tertiary/aromatic N) is 3. The molecule has 1 saturated carbocycles. The number of nitrogens with one attached hydrogen (secondary N) is 1. The Balaban J connectivity index is 1.68. The Labute approximate surface area is 112 Å². The quantitative estimate of drug-likeness (QED) is 0.841. The van der Waals surface area contributed by atoms with Crippen molar-refractivity contribution in [3.05, 3.63) is 11.6 Å². The van der Waals surface area contributed by atoms with Crippen molar-refractivity contribution < 1.29 is 4.79 Å². The number of rotatable bonds is 3. The van der Waals surface area contributed by atoms with Gasteiger partial charge in [0, 0.05) is 24.9 Å². The van der Waals surface area contributed by atoms with Crippen LogP contribution in [0.15, 0.2) is 0 Å². The van der Waals surface area contributed by atoms with Crippen molar-refractivity contribution in [2.45, 2.75) is 50.5 Å². The lowest BCUT2D eigenvalue weighted by atomic mass is 9.97. The molecule has 6 nitrogen and oxygen atoms in total. The van der Waals surface area contributed by atoms with Crippen LogP contribution in [0, 0.1) is 0 Å². The molecule has 2 heterocycles. The van der Waals surface area contributed by atoms with Gasteiger partial charge in [-0.2, -0.15) is 5.10 Å². The third kappa shape index (κ3) is 2.63. The lowest BCUT2D eigenvalue weighted by Crippen LogP contribution is -2.46. The van der Waals surface area contributed by atoms with Crippen molar-refractivity contribution in [2.75, 3.05) is 13.1 Å². The number of nitrogens with two attached hydrogens (primary N) is 1. The SMILES string of the molecule is C[C@@H](N)C(=O)N1CCCC(c2n[nH]c(C3CC3)n2)C1. The average molecular weight is 263 g/mol. The smallest absolute Gasteiger partial charge is 0.239 e. The lowest BCUT2D eigenvalue weighted by Gasteiger charge is -2.32. The summed E-state index contributed by atoms with van der Waals surface area (Å²) in [5, 5.41) is 7.38. The van der Waals surface area contributed by atoms with Gasteiger partial charge < -0.3 is 10.6 Å². The Morgan fingerprint density at radius 2 is 2.21 bits per heavy atom. The van der Waals surface area contributed by atoms with Crippen LogP contribution in [0.1, 0.15) is 56.1 Å². The van der Waals surface area contributed by atoms with Gasteiger partial charge in [-0.1, -0.05) is 0 Å². The van der Waals surface area contributed by atoms with Gasteiger partial charge in [-0.15, -0.1) is 0 Å². The third-order valence-corrected chi connectivity index (χ3v) is 3.97. The fourth-order valence-corrected chi connectivity index (χ4v) is 2.69. The van der Waals surface area contributed by atoms with E-state index < -0.39 is 6.04 Å². The molecule has 19 heavy (non-hydrogen) atoms. The van der Waals surface area contributed by atoms with Crippen LogP contribution >= 0.6 is 0 Å². The summed E-state index contributed by atoms with van der Waals surface area (Å²) in [6, 6.07) is -0.423. The highest BCUT2D eigenvalue weighted by Gasteiger charge is 2.31. The van der Waals surface area contributed by atoms with Crippen LogP contribution < -0.4 is 5.73 Å². The lowest BCUT2D eigenvalue weighted by molar-refractivity contribution is -0.133. The van der Waals surface area contributed by atoms with E-state index in [0.29, 0.717) is 12.5 Å². The number of piperidine rings is 1. The maximum absolute atomic E-state index is 12.0. The van der Waals surface area contributed by atoms with E-state index in [4.69, 9.17) is 5.73 Å². The molecule has 1 aliphatic carbocycles. The summed E-state index contributed by atoms with van der Waals surface area (Å²) < 4.78 is 0. The fraction of sp³-hybridized carbons (Fsp3) is 0.769. The van der Waals surface area contributed by atoms with Crippen LogP contribution in [0.4, 0.5) is 0 Å². The minimum absolute atomic E-state index is 0.0302. The van der Waals surface area contributed by atoms with Crippen molar-refractivity contribution in [1.29, 1.82) is 0 Å². The van der Waals surface area contributed by atoms with Crippen molar-refractivity contribution in [3.63, 3.8) is 0 Å². The molecule has 1 aliphatic heterocycles. The standard InChI is InChI=1S/C13H21N5O/c1-8(14)13(19)18-6-2-3-10(7-18)12-15-11(16-17-12)9-4-5-9/h8-10H,2-7,14H2,1H3,(H,15,16,17)/t8-,10?/m1/s1. The van der Waals surface area contributed by atoms with Crippen LogP contribution in [0.25, 0.3) is 0 Å². The summed E-state index contributed by atoms with van der Waals surface area (Å²) >= 11 is 0. The molecule has 0 spiro atoms. The van der Waals surface area contributed by atoms with Gasteiger partial charge in [0.1, 0.15) is 5.82 Å². The molecule has 2 atom stereocenters. The number of hydrogen-bond donors (Lipinski definition) is 2. The Morgan fingerprint density at radius 3 is 2.89 bits per heavy atom. The van der Waals surface area contributed by atoms with Crippen LogP contribution in [0.2, 0.25) is 0 Å². The predicted octanol–water partition coefficient (Wildman–Crippen LogP) is 0.735. The monoisotopic (exact) mass is 263 g/mol. The second kappa shape index (κ2) is 4.92. The van der Waals surface area contributed by atoms with E-state index in [9.17, 15) is 4.79 Å². The second-order valence-electron chi connectivity index (χ2n) is 5.77. The number of likely N-dealkylation sites (tertiary alicyclic amines) is 1. The van der Waals surface area contributed by atoms with Crippen molar-refractivity contribution in [1.82, 2.24) is 20.1 Å². The van der Waals surface area contributed by atoms with Gasteiger partial charge >= 0.3 is 0 Å². The number of amides is 1. The maximum Gasteiger partial charge on any atom is 0.239 e. The number of H-pyrrole nitrogens is 1. The summed E-state index contributed by atoms with van der Waals surface area (Å²) in [6.07, 6.45) is 4.48. The Bertz CT molecular complexity index is 465. The molecule has 0 radical (unpaired) electrons. The van der Waals surface area contributed by atoms with Crippen LogP contribution in [0.5, 0.6) is 0 Å². The molecule has 1 saturated heterocycles. The minimum Gasteiger partial charge on any atom is -0.341 e. The van der Waals surface area contributed by atoms with E-state index >= 15 is 0 Å². The summed E-state index contributed by atoms with van der Waals surface area (Å²) in [4.78, 5) is 18.4. The maximum atomic E-state index is 12.0. The van der Waals surface area contributed by atoms with E-state index in [2.05, 4.69) is 15.2 Å². The summed E-state index contributed by atoms with van der Waals surface area (Å²) in [6.45, 7) is 3.24. The van der Waals surface area contributed by atoms with E-state index in [1.54, 1.807) is 6.92 Å². The molecule has 2 fully saturated rings. The molecule has 1 aromatic heterocycles. The highest BCUT2D eigenvalue weighted by molar-refractivity contribution is 5.81. The average Bonchev–Trinajstić information content (AvgIpc) is 3.15. The molecule has 3 N–H and O–H groups in total. The molecule has 0 aromatic carbocycles. The van der Waals surface area contributed by atoms with Gasteiger partial charge in [-0.25, -0.2) is 4.98 Å². The number of carbonyl (C=O) groups excluding carboxylic acids is 1. The third-order valence-electron chi connectivity index (χ3n) is 3.97. The summed E-state index contributed by atoms with van der Waals surface area (Å²) in [5.74, 6) is 2.75. The summed E-state index contributed by atoms with van der Waals surface area (Å²) in [7, 11) is 0. The zero-order valence-corrected chi connectivity index (χ0v) is 11.3. The second-order valence-corrected chi connectivity index (χ2v) is 5.77. The van der Waals surface area contributed by atoms with Gasteiger partial charge in [-0.3, -0.25) is 9.89 Å². The largest absolute Gasteiger partial charge is 0.341 e. The Hall–Kier alpha value is -1.43. The first-order chi connectivity index (χ1) is 9.15. The van der Waals surface area contributed by atoms with Crippen molar-refractivity contribution in [3.8, 4) is 0 Å². The van der Waals surface area contributed by atoms with E-state index in [0.717, 1.165) is 31.0 Å². The van der Waals surface area contributed by atoms with E-state index in [-0.39, 0.29) is 11.8 Å². The van der Waals surface area contributed by atoms with Crippen LogP contribution in [-0.4, -0.2) is 45.1 Å². The molecular weight excluding hydrogens is 242 g/mol. The first-order valence-corrected chi connectivity index (χ1v) is 7.11. The molecule has 6 heteroatoms. The van der Waals surface area contributed by atoms with Gasteiger partial charge in [0.05, 0.1) is 6.04 Å². The summed E-state index contributed by atoms with van der Waals surface area (Å²) in [5.41, 5.74) is 5.67.